The maximum Gasteiger partial charge on any atom is 0.257 e. The lowest BCUT2D eigenvalue weighted by molar-refractivity contribution is -0.126. The van der Waals surface area contributed by atoms with Gasteiger partial charge in [0.15, 0.2) is 0 Å². The number of unbranched alkanes of at least 4 members (excludes halogenated alkanes) is 1. The van der Waals surface area contributed by atoms with Crippen LogP contribution in [0.1, 0.15) is 68.4 Å². The first-order valence-corrected chi connectivity index (χ1v) is 10.8. The van der Waals surface area contributed by atoms with Gasteiger partial charge in [-0.1, -0.05) is 27.2 Å². The minimum absolute atomic E-state index is 0.0343. The van der Waals surface area contributed by atoms with Crippen molar-refractivity contribution in [1.29, 1.82) is 0 Å². The van der Waals surface area contributed by atoms with Crippen molar-refractivity contribution in [3.63, 3.8) is 0 Å². The predicted molar refractivity (Wildman–Crippen MR) is 114 cm³/mol. The van der Waals surface area contributed by atoms with E-state index in [4.69, 9.17) is 0 Å². The van der Waals surface area contributed by atoms with E-state index in [1.54, 1.807) is 27.9 Å². The molecule has 1 aliphatic heterocycles. The fourth-order valence-electron chi connectivity index (χ4n) is 3.94. The molecule has 1 aromatic heterocycles. The average Bonchev–Trinajstić information content (AvgIpc) is 3.19. The van der Waals surface area contributed by atoms with Crippen LogP contribution in [0, 0.1) is 11.7 Å². The van der Waals surface area contributed by atoms with Gasteiger partial charge in [0, 0.05) is 19.6 Å². The number of hydrogen-bond donors (Lipinski definition) is 1. The summed E-state index contributed by atoms with van der Waals surface area (Å²) >= 11 is 0. The summed E-state index contributed by atoms with van der Waals surface area (Å²) in [5.74, 6) is -0.501. The predicted octanol–water partition coefficient (Wildman–Crippen LogP) is 3.90. The molecule has 1 N–H and O–H groups in total. The normalized spacial score (nSPS) is 16.7. The first-order chi connectivity index (χ1) is 14.4. The second kappa shape index (κ2) is 9.87. The molecule has 0 spiro atoms. The average molecular weight is 415 g/mol. The van der Waals surface area contributed by atoms with Gasteiger partial charge in [0.05, 0.1) is 29.1 Å². The van der Waals surface area contributed by atoms with Crippen LogP contribution < -0.4 is 5.32 Å². The Bertz CT molecular complexity index is 876. The van der Waals surface area contributed by atoms with Crippen molar-refractivity contribution in [1.82, 2.24) is 20.0 Å². The molecule has 162 valence electrons. The Kier molecular flexibility index (Phi) is 7.24. The van der Waals surface area contributed by atoms with Crippen LogP contribution in [-0.4, -0.2) is 46.1 Å². The molecule has 0 radical (unpaired) electrons. The number of amides is 2. The number of benzene rings is 1. The Morgan fingerprint density at radius 1 is 1.27 bits per heavy atom. The van der Waals surface area contributed by atoms with E-state index >= 15 is 0 Å². The van der Waals surface area contributed by atoms with Crippen molar-refractivity contribution >= 4 is 11.8 Å². The van der Waals surface area contributed by atoms with Gasteiger partial charge in [-0.25, -0.2) is 9.07 Å². The topological polar surface area (TPSA) is 67.2 Å². The second-order valence-corrected chi connectivity index (χ2v) is 8.22. The number of hydrogen-bond acceptors (Lipinski definition) is 3. The maximum absolute atomic E-state index is 13.3. The van der Waals surface area contributed by atoms with E-state index in [-0.39, 0.29) is 29.5 Å². The molecule has 1 saturated heterocycles. The fraction of sp³-hybridized carbons (Fsp3) is 0.522. The van der Waals surface area contributed by atoms with Crippen molar-refractivity contribution in [2.75, 3.05) is 19.6 Å². The molecule has 0 aliphatic carbocycles. The molecule has 3 rings (SSSR count). The minimum atomic E-state index is -0.315. The summed E-state index contributed by atoms with van der Waals surface area (Å²) in [7, 11) is 0. The number of carbonyl (C=O) groups excluding carboxylic acids is 2. The van der Waals surface area contributed by atoms with Crippen LogP contribution in [0.5, 0.6) is 0 Å². The highest BCUT2D eigenvalue weighted by Gasteiger charge is 2.31. The smallest absolute Gasteiger partial charge is 0.257 e. The lowest BCUT2D eigenvalue weighted by Crippen LogP contribution is -2.45. The Balaban J connectivity index is 1.79. The Morgan fingerprint density at radius 3 is 2.67 bits per heavy atom. The van der Waals surface area contributed by atoms with Crippen molar-refractivity contribution in [3.8, 4) is 5.69 Å². The summed E-state index contributed by atoms with van der Waals surface area (Å²) in [6.45, 7) is 7.85. The molecule has 1 aromatic carbocycles. The summed E-state index contributed by atoms with van der Waals surface area (Å²) < 4.78 is 15.0. The van der Waals surface area contributed by atoms with E-state index in [0.717, 1.165) is 31.4 Å². The Labute approximate surface area is 177 Å². The van der Waals surface area contributed by atoms with Gasteiger partial charge in [-0.15, -0.1) is 0 Å². The quantitative estimate of drug-likeness (QED) is 0.699. The summed E-state index contributed by atoms with van der Waals surface area (Å²) in [6.07, 6.45) is 5.19. The van der Waals surface area contributed by atoms with Crippen molar-refractivity contribution < 1.29 is 14.0 Å². The van der Waals surface area contributed by atoms with Gasteiger partial charge in [-0.2, -0.15) is 5.10 Å². The van der Waals surface area contributed by atoms with E-state index in [2.05, 4.69) is 17.3 Å². The lowest BCUT2D eigenvalue weighted by Gasteiger charge is -2.32. The van der Waals surface area contributed by atoms with Crippen molar-refractivity contribution in [2.24, 2.45) is 5.92 Å². The van der Waals surface area contributed by atoms with E-state index in [0.29, 0.717) is 30.9 Å². The van der Waals surface area contributed by atoms with Gasteiger partial charge in [-0.05, 0) is 49.4 Å². The molecular formula is C23H31FN4O2. The molecule has 30 heavy (non-hydrogen) atoms. The third kappa shape index (κ3) is 4.89. The number of rotatable bonds is 7. The van der Waals surface area contributed by atoms with E-state index in [1.165, 1.54) is 12.1 Å². The van der Waals surface area contributed by atoms with Crippen LogP contribution >= 0.6 is 0 Å². The zero-order chi connectivity index (χ0) is 21.7. The molecule has 0 bridgehead atoms. The molecule has 6 nitrogen and oxygen atoms in total. The van der Waals surface area contributed by atoms with Gasteiger partial charge < -0.3 is 10.2 Å². The summed E-state index contributed by atoms with van der Waals surface area (Å²) in [5.41, 5.74) is 2.05. The van der Waals surface area contributed by atoms with E-state index < -0.39 is 0 Å². The zero-order valence-corrected chi connectivity index (χ0v) is 18.0. The second-order valence-electron chi connectivity index (χ2n) is 8.22. The van der Waals surface area contributed by atoms with Gasteiger partial charge >= 0.3 is 0 Å². The van der Waals surface area contributed by atoms with Crippen LogP contribution in [0.2, 0.25) is 0 Å². The van der Waals surface area contributed by atoms with Crippen molar-refractivity contribution in [2.45, 2.75) is 52.4 Å². The highest BCUT2D eigenvalue weighted by atomic mass is 19.1. The monoisotopic (exact) mass is 414 g/mol. The third-order valence-electron chi connectivity index (χ3n) is 5.56. The molecule has 1 fully saturated rings. The summed E-state index contributed by atoms with van der Waals surface area (Å²) in [6, 6.07) is 6.07. The molecule has 2 heterocycles. The maximum atomic E-state index is 13.3. The highest BCUT2D eigenvalue weighted by molar-refractivity contribution is 5.96. The van der Waals surface area contributed by atoms with E-state index in [1.807, 2.05) is 13.8 Å². The van der Waals surface area contributed by atoms with Crippen LogP contribution in [0.25, 0.3) is 5.69 Å². The standard InChI is InChI=1S/C23H31FN4O2/c1-4-5-12-25-22(29)17-7-6-13-27(15-17)23(30)20-14-26-28(21(20)16(2)3)19-10-8-18(24)9-11-19/h8-11,14,16-17H,4-7,12-13,15H2,1-3H3,(H,25,29). The number of nitrogens with one attached hydrogen (secondary N) is 1. The van der Waals surface area contributed by atoms with Crippen LogP contribution in [0.4, 0.5) is 4.39 Å². The Morgan fingerprint density at radius 2 is 2.00 bits per heavy atom. The number of carbonyl (C=O) groups is 2. The highest BCUT2D eigenvalue weighted by Crippen LogP contribution is 2.26. The summed E-state index contributed by atoms with van der Waals surface area (Å²) in [5, 5.41) is 7.41. The Hall–Kier alpha value is -2.70. The number of likely N-dealkylation sites (tertiary alicyclic amines) is 1. The molecule has 2 aromatic rings. The molecule has 7 heteroatoms. The van der Waals surface area contributed by atoms with Gasteiger partial charge in [0.25, 0.3) is 5.91 Å². The van der Waals surface area contributed by atoms with Crippen LogP contribution in [-0.2, 0) is 4.79 Å². The molecule has 0 saturated carbocycles. The number of nitrogens with zero attached hydrogens (tertiary/aromatic N) is 3. The van der Waals surface area contributed by atoms with Crippen molar-refractivity contribution in [3.05, 3.63) is 47.5 Å². The lowest BCUT2D eigenvalue weighted by atomic mass is 9.96. The van der Waals surface area contributed by atoms with Gasteiger partial charge in [-0.3, -0.25) is 9.59 Å². The first-order valence-electron chi connectivity index (χ1n) is 10.8. The largest absolute Gasteiger partial charge is 0.356 e. The molecule has 2 amide bonds. The fourth-order valence-corrected chi connectivity index (χ4v) is 3.94. The summed E-state index contributed by atoms with van der Waals surface area (Å²) in [4.78, 5) is 27.6. The third-order valence-corrected chi connectivity index (χ3v) is 5.56. The molecular weight excluding hydrogens is 383 g/mol. The molecule has 1 atom stereocenters. The zero-order valence-electron chi connectivity index (χ0n) is 18.0. The number of aromatic nitrogens is 2. The molecule has 1 aliphatic rings. The SMILES string of the molecule is CCCCNC(=O)C1CCCN(C(=O)c2cnn(-c3ccc(F)cc3)c2C(C)C)C1. The number of halogens is 1. The van der Waals surface area contributed by atoms with E-state index in [9.17, 15) is 14.0 Å². The van der Waals surface area contributed by atoms with Gasteiger partial charge in [0.2, 0.25) is 5.91 Å². The van der Waals surface area contributed by atoms with Crippen LogP contribution in [0.15, 0.2) is 30.5 Å². The first kappa shape index (κ1) is 22.0. The molecule has 1 unspecified atom stereocenters. The minimum Gasteiger partial charge on any atom is -0.356 e. The van der Waals surface area contributed by atoms with Crippen LogP contribution in [0.3, 0.4) is 0 Å². The van der Waals surface area contributed by atoms with Gasteiger partial charge in [0.1, 0.15) is 5.82 Å². The number of piperidine rings is 1.